The molecule has 12 N–H and O–H groups in total. The van der Waals surface area contributed by atoms with Crippen molar-refractivity contribution in [1.82, 2.24) is 0 Å². The van der Waals surface area contributed by atoms with Gasteiger partial charge in [-0.15, -0.1) is 0 Å². The van der Waals surface area contributed by atoms with E-state index in [1.807, 2.05) is 0 Å². The molecule has 0 bridgehead atoms. The van der Waals surface area contributed by atoms with E-state index in [1.165, 1.54) is 6.92 Å². The zero-order chi connectivity index (χ0) is 31.0. The Kier molecular flexibility index (Phi) is 11.5. The van der Waals surface area contributed by atoms with Crippen molar-refractivity contribution < 1.29 is 94.4 Å². The fraction of sp³-hybridized carbons (Fsp3) is 1.00. The van der Waals surface area contributed by atoms with E-state index < -0.39 is 137 Å². The highest BCUT2D eigenvalue weighted by molar-refractivity contribution is 4.96. The second kappa shape index (κ2) is 14.1. The zero-order valence-electron chi connectivity index (χ0n) is 22.3. The molecule has 0 aromatic rings. The Bertz CT molecular complexity index is 853. The zero-order valence-corrected chi connectivity index (χ0v) is 22.3. The fourth-order valence-electron chi connectivity index (χ4n) is 5.16. The van der Waals surface area contributed by atoms with Crippen molar-refractivity contribution in [2.24, 2.45) is 0 Å². The van der Waals surface area contributed by atoms with Gasteiger partial charge in [-0.05, 0) is 6.92 Å². The van der Waals surface area contributed by atoms with Crippen molar-refractivity contribution in [2.75, 3.05) is 19.8 Å². The molecule has 0 aromatic carbocycles. The maximum atomic E-state index is 11.0. The average molecular weight is 621 g/mol. The molecule has 0 radical (unpaired) electrons. The highest BCUT2D eigenvalue weighted by atomic mass is 16.8. The Morgan fingerprint density at radius 1 is 0.524 bits per heavy atom. The second-order valence-electron chi connectivity index (χ2n) is 10.7. The van der Waals surface area contributed by atoms with Crippen LogP contribution in [0.2, 0.25) is 0 Å². The molecule has 4 saturated heterocycles. The van der Waals surface area contributed by atoms with Crippen LogP contribution in [-0.4, -0.2) is 198 Å². The van der Waals surface area contributed by atoms with Crippen molar-refractivity contribution in [3.63, 3.8) is 0 Å². The minimum Gasteiger partial charge on any atom is -0.394 e. The summed E-state index contributed by atoms with van der Waals surface area (Å²) in [4.78, 5) is 0. The molecule has 4 fully saturated rings. The summed E-state index contributed by atoms with van der Waals surface area (Å²) in [6.07, 6.45) is -31.4. The van der Waals surface area contributed by atoms with Gasteiger partial charge in [-0.3, -0.25) is 0 Å². The van der Waals surface area contributed by atoms with Crippen LogP contribution in [-0.2, 0) is 33.2 Å². The summed E-state index contributed by atoms with van der Waals surface area (Å²) >= 11 is 0. The molecule has 19 heteroatoms. The van der Waals surface area contributed by atoms with Crippen LogP contribution in [0.25, 0.3) is 0 Å². The molecule has 19 atom stereocenters. The van der Waals surface area contributed by atoms with Crippen LogP contribution >= 0.6 is 0 Å². The quantitative estimate of drug-likeness (QED) is 0.120. The smallest absolute Gasteiger partial charge is 0.187 e. The van der Waals surface area contributed by atoms with Crippen LogP contribution < -0.4 is 0 Å². The molecule has 4 aliphatic rings. The molecular weight excluding hydrogens is 580 g/mol. The molecule has 1 unspecified atom stereocenters. The molecule has 0 spiro atoms. The van der Waals surface area contributed by atoms with Gasteiger partial charge < -0.3 is 94.4 Å². The summed E-state index contributed by atoms with van der Waals surface area (Å²) in [5.74, 6) is 0. The number of aliphatic hydroxyl groups excluding tert-OH is 12. The molecule has 0 amide bonds. The molecular formula is C23H40O19. The van der Waals surface area contributed by atoms with Gasteiger partial charge in [0.1, 0.15) is 85.5 Å². The lowest BCUT2D eigenvalue weighted by Gasteiger charge is -2.48. The largest absolute Gasteiger partial charge is 0.394 e. The average Bonchev–Trinajstić information content (AvgIpc) is 2.97. The van der Waals surface area contributed by atoms with E-state index in [-0.39, 0.29) is 0 Å². The number of hydrogen-bond donors (Lipinski definition) is 12. The van der Waals surface area contributed by atoms with E-state index in [1.54, 1.807) is 0 Å². The van der Waals surface area contributed by atoms with Gasteiger partial charge in [0.25, 0.3) is 0 Å². The molecule has 4 aliphatic heterocycles. The molecule has 0 aliphatic carbocycles. The molecule has 246 valence electrons. The lowest BCUT2D eigenvalue weighted by Crippen LogP contribution is -2.67. The van der Waals surface area contributed by atoms with Crippen LogP contribution in [0.1, 0.15) is 6.92 Å². The van der Waals surface area contributed by atoms with Gasteiger partial charge in [0, 0.05) is 0 Å². The minimum atomic E-state index is -1.95. The van der Waals surface area contributed by atoms with Crippen molar-refractivity contribution in [3.05, 3.63) is 0 Å². The van der Waals surface area contributed by atoms with Gasteiger partial charge in [-0.2, -0.15) is 0 Å². The fourth-order valence-corrected chi connectivity index (χ4v) is 5.16. The van der Waals surface area contributed by atoms with Gasteiger partial charge >= 0.3 is 0 Å². The molecule has 42 heavy (non-hydrogen) atoms. The molecule has 0 saturated carbocycles. The highest BCUT2D eigenvalue weighted by Gasteiger charge is 2.54. The number of ether oxygens (including phenoxy) is 7. The third kappa shape index (κ3) is 6.74. The third-order valence-electron chi connectivity index (χ3n) is 7.80. The van der Waals surface area contributed by atoms with E-state index in [4.69, 9.17) is 33.2 Å². The lowest BCUT2D eigenvalue weighted by molar-refractivity contribution is -0.384. The monoisotopic (exact) mass is 620 g/mol. The van der Waals surface area contributed by atoms with Crippen LogP contribution in [0.15, 0.2) is 0 Å². The molecule has 0 aromatic heterocycles. The van der Waals surface area contributed by atoms with Gasteiger partial charge in [0.05, 0.1) is 25.9 Å². The second-order valence-corrected chi connectivity index (χ2v) is 10.7. The van der Waals surface area contributed by atoms with Crippen LogP contribution in [0.3, 0.4) is 0 Å². The molecule has 4 rings (SSSR count). The highest BCUT2D eigenvalue weighted by Crippen LogP contribution is 2.33. The lowest BCUT2D eigenvalue weighted by atomic mass is 9.96. The maximum absolute atomic E-state index is 11.0. The first-order valence-corrected chi connectivity index (χ1v) is 13.4. The summed E-state index contributed by atoms with van der Waals surface area (Å²) in [5, 5.41) is 123. The maximum Gasteiger partial charge on any atom is 0.187 e. The first-order chi connectivity index (χ1) is 19.8. The molecule has 19 nitrogen and oxygen atoms in total. The number of aliphatic hydroxyl groups is 12. The van der Waals surface area contributed by atoms with Crippen molar-refractivity contribution in [2.45, 2.75) is 124 Å². The van der Waals surface area contributed by atoms with Gasteiger partial charge in [0.15, 0.2) is 25.2 Å². The van der Waals surface area contributed by atoms with E-state index in [0.29, 0.717) is 0 Å². The van der Waals surface area contributed by atoms with Gasteiger partial charge in [-0.1, -0.05) is 0 Å². The Morgan fingerprint density at radius 3 is 1.60 bits per heavy atom. The number of rotatable bonds is 8. The summed E-state index contributed by atoms with van der Waals surface area (Å²) in [6.45, 7) is -0.624. The van der Waals surface area contributed by atoms with E-state index in [0.717, 1.165) is 0 Å². The normalized spacial score (nSPS) is 54.1. The van der Waals surface area contributed by atoms with E-state index >= 15 is 0 Å². The van der Waals surface area contributed by atoms with Crippen molar-refractivity contribution in [3.8, 4) is 0 Å². The Labute approximate surface area is 238 Å². The summed E-state index contributed by atoms with van der Waals surface area (Å²) < 4.78 is 37.8. The van der Waals surface area contributed by atoms with E-state index in [9.17, 15) is 61.3 Å². The number of hydrogen-bond acceptors (Lipinski definition) is 19. The SMILES string of the molecule is C[C@@H]1O[C@@H](O[C@@H]2COC(O)[C@H](O)[C@@H]2O)[C@H](O)[C@H](O[C@H]2O[C@H](CO)[C@@H](O)[C@H](O[C@H]3O[C@H](CO)[C@H](O)[C@H](O)[C@H]3O)[C@H]2O)[C@H]1O. The van der Waals surface area contributed by atoms with Crippen molar-refractivity contribution in [1.29, 1.82) is 0 Å². The van der Waals surface area contributed by atoms with E-state index in [2.05, 4.69) is 0 Å². The summed E-state index contributed by atoms with van der Waals surface area (Å²) in [6, 6.07) is 0. The predicted octanol–water partition coefficient (Wildman–Crippen LogP) is -8.08. The Hall–Kier alpha value is -0.760. The first kappa shape index (κ1) is 34.1. The predicted molar refractivity (Wildman–Crippen MR) is 126 cm³/mol. The third-order valence-corrected chi connectivity index (χ3v) is 7.80. The molecule has 4 heterocycles. The Morgan fingerprint density at radius 2 is 1.02 bits per heavy atom. The van der Waals surface area contributed by atoms with Crippen LogP contribution in [0, 0.1) is 0 Å². The topological polar surface area (TPSA) is 307 Å². The van der Waals surface area contributed by atoms with Gasteiger partial charge in [0.2, 0.25) is 0 Å². The summed E-state index contributed by atoms with van der Waals surface area (Å²) in [7, 11) is 0. The standard InChI is InChI=1S/C23H40O19/c1-5-9(26)18(16(33)22(37-5)40-8-4-36-20(35)14(31)11(8)28)41-23-17(34)19(12(29)7(3-25)39-23)42-21-15(32)13(30)10(27)6(2-24)38-21/h5-35H,2-4H2,1H3/t5-,6+,7+,8+,9-,10-,11+,12+,13-,14+,15+,16+,17+,18+,19-,20?,21+,22-,23+/m0/s1. The van der Waals surface area contributed by atoms with Crippen LogP contribution in [0.5, 0.6) is 0 Å². The Balaban J connectivity index is 1.48. The summed E-state index contributed by atoms with van der Waals surface area (Å²) in [5.41, 5.74) is 0. The van der Waals surface area contributed by atoms with Gasteiger partial charge in [-0.25, -0.2) is 0 Å². The first-order valence-electron chi connectivity index (χ1n) is 13.4. The minimum absolute atomic E-state index is 0.397. The van der Waals surface area contributed by atoms with Crippen LogP contribution in [0.4, 0.5) is 0 Å². The van der Waals surface area contributed by atoms with Crippen molar-refractivity contribution >= 4 is 0 Å².